The molecule has 0 spiro atoms. The van der Waals surface area contributed by atoms with Crippen LogP contribution in [0, 0.1) is 0 Å². The van der Waals surface area contributed by atoms with Gasteiger partial charge >= 0.3 is 34.2 Å². The van der Waals surface area contributed by atoms with E-state index in [1.807, 2.05) is 27.7 Å². The summed E-state index contributed by atoms with van der Waals surface area (Å²) in [6, 6.07) is 3.03. The van der Waals surface area contributed by atoms with Gasteiger partial charge in [-0.1, -0.05) is 27.7 Å². The van der Waals surface area contributed by atoms with E-state index < -0.39 is 34.2 Å². The van der Waals surface area contributed by atoms with Crippen LogP contribution in [0.15, 0.2) is 0 Å². The molecule has 1 saturated heterocycles. The first-order chi connectivity index (χ1) is 15.3. The van der Waals surface area contributed by atoms with Gasteiger partial charge in [0.25, 0.3) is 0 Å². The van der Waals surface area contributed by atoms with Crippen LogP contribution in [0.25, 0.3) is 0 Å². The monoisotopic (exact) mass is 528 g/mol. The van der Waals surface area contributed by atoms with Crippen LogP contribution >= 0.6 is 0 Å². The molecular formula is C20H48O8Si4. The summed E-state index contributed by atoms with van der Waals surface area (Å²) in [4.78, 5) is 0. The Kier molecular flexibility index (Phi) is 14.2. The summed E-state index contributed by atoms with van der Waals surface area (Å²) in [7, 11) is -11.2. The Hall–Kier alpha value is 0.548. The maximum atomic E-state index is 7.11. The standard InChI is InChI=1S/C20H48O8Si4/c1-9-21-17-29(13-5)25-30(14-6,18-22-10-2)27-32(16-8,20-24-12-4)28-31(15-7,26-29)19-23-11-3/h9-20H2,1-8H3. The largest absolute Gasteiger partial charge is 0.413 e. The van der Waals surface area contributed by atoms with E-state index >= 15 is 0 Å². The van der Waals surface area contributed by atoms with Gasteiger partial charge in [0.2, 0.25) is 0 Å². The molecule has 1 aliphatic heterocycles. The fourth-order valence-electron chi connectivity index (χ4n) is 3.69. The zero-order chi connectivity index (χ0) is 24.1. The summed E-state index contributed by atoms with van der Waals surface area (Å²) >= 11 is 0. The fraction of sp³-hybridized carbons (Fsp3) is 1.00. The first-order valence-electron chi connectivity index (χ1n) is 12.4. The maximum Gasteiger partial charge on any atom is 0.347 e. The molecule has 0 aromatic heterocycles. The second-order valence-electron chi connectivity index (χ2n) is 8.01. The third-order valence-electron chi connectivity index (χ3n) is 5.75. The summed E-state index contributed by atoms with van der Waals surface area (Å²) in [5.74, 6) is 0. The van der Waals surface area contributed by atoms with Gasteiger partial charge in [-0.25, -0.2) is 0 Å². The van der Waals surface area contributed by atoms with E-state index in [0.29, 0.717) is 51.3 Å². The van der Waals surface area contributed by atoms with Crippen molar-refractivity contribution < 1.29 is 35.4 Å². The molecule has 12 heteroatoms. The lowest BCUT2D eigenvalue weighted by Crippen LogP contribution is -2.74. The predicted molar refractivity (Wildman–Crippen MR) is 135 cm³/mol. The van der Waals surface area contributed by atoms with Crippen molar-refractivity contribution in [3.63, 3.8) is 0 Å². The van der Waals surface area contributed by atoms with Gasteiger partial charge in [0.1, 0.15) is 0 Å². The lowest BCUT2D eigenvalue weighted by molar-refractivity contribution is 0.0913. The summed E-state index contributed by atoms with van der Waals surface area (Å²) in [6.07, 6.45) is 1.84. The van der Waals surface area contributed by atoms with Gasteiger partial charge in [0.05, 0.1) is 24.9 Å². The summed E-state index contributed by atoms with van der Waals surface area (Å²) in [5, 5.41) is 0. The van der Waals surface area contributed by atoms with Gasteiger partial charge in [0.15, 0.2) is 0 Å². The highest BCUT2D eigenvalue weighted by Crippen LogP contribution is 2.37. The normalized spacial score (nSPS) is 33.8. The van der Waals surface area contributed by atoms with Crippen molar-refractivity contribution in [1.82, 2.24) is 0 Å². The second-order valence-corrected chi connectivity index (χ2v) is 22.5. The van der Waals surface area contributed by atoms with Gasteiger partial charge in [-0.15, -0.1) is 0 Å². The van der Waals surface area contributed by atoms with E-state index in [4.69, 9.17) is 35.4 Å². The topological polar surface area (TPSA) is 73.8 Å². The molecule has 192 valence electrons. The van der Waals surface area contributed by atoms with Crippen molar-refractivity contribution in [3.05, 3.63) is 0 Å². The third kappa shape index (κ3) is 8.34. The SMILES string of the molecule is CCOC[Si]1(CC)O[Si](CC)(COCC)O[Si](CC)(COCC)O[Si](CC)(COCC)O1. The van der Waals surface area contributed by atoms with Crippen molar-refractivity contribution in [2.45, 2.75) is 79.6 Å². The molecule has 1 fully saturated rings. The highest BCUT2D eigenvalue weighted by atomic mass is 28.5. The van der Waals surface area contributed by atoms with Crippen LogP contribution in [0.4, 0.5) is 0 Å². The summed E-state index contributed by atoms with van der Waals surface area (Å²) in [6.45, 7) is 19.0. The molecule has 0 aromatic rings. The molecule has 1 rings (SSSR count). The molecule has 0 saturated carbocycles. The van der Waals surface area contributed by atoms with Crippen molar-refractivity contribution >= 4 is 34.2 Å². The second kappa shape index (κ2) is 14.8. The van der Waals surface area contributed by atoms with Crippen molar-refractivity contribution in [3.8, 4) is 0 Å². The minimum Gasteiger partial charge on any atom is -0.413 e. The Morgan fingerprint density at radius 2 is 0.562 bits per heavy atom. The summed E-state index contributed by atoms with van der Waals surface area (Å²) in [5.41, 5.74) is 0. The molecule has 0 N–H and O–H groups in total. The van der Waals surface area contributed by atoms with Crippen LogP contribution in [0.5, 0.6) is 0 Å². The average molecular weight is 529 g/mol. The minimum atomic E-state index is -2.81. The van der Waals surface area contributed by atoms with Crippen LogP contribution in [-0.2, 0) is 35.4 Å². The molecule has 0 bridgehead atoms. The van der Waals surface area contributed by atoms with E-state index in [0.717, 1.165) is 24.2 Å². The van der Waals surface area contributed by atoms with E-state index in [-0.39, 0.29) is 0 Å². The number of rotatable bonds is 16. The average Bonchev–Trinajstić information content (AvgIpc) is 2.81. The highest BCUT2D eigenvalue weighted by molar-refractivity contribution is 6.95. The van der Waals surface area contributed by atoms with E-state index in [9.17, 15) is 0 Å². The zero-order valence-electron chi connectivity index (χ0n) is 21.8. The Morgan fingerprint density at radius 3 is 0.688 bits per heavy atom. The van der Waals surface area contributed by atoms with Crippen molar-refractivity contribution in [2.75, 3.05) is 51.3 Å². The molecular weight excluding hydrogens is 481 g/mol. The molecule has 0 atom stereocenters. The zero-order valence-corrected chi connectivity index (χ0v) is 25.8. The highest BCUT2D eigenvalue weighted by Gasteiger charge is 2.61. The van der Waals surface area contributed by atoms with Gasteiger partial charge < -0.3 is 35.4 Å². The van der Waals surface area contributed by atoms with Crippen molar-refractivity contribution in [1.29, 1.82) is 0 Å². The minimum absolute atomic E-state index is 0.459. The molecule has 0 unspecified atom stereocenters. The molecule has 0 aliphatic carbocycles. The van der Waals surface area contributed by atoms with Gasteiger partial charge in [-0.2, -0.15) is 0 Å². The maximum absolute atomic E-state index is 7.11. The van der Waals surface area contributed by atoms with Crippen LogP contribution < -0.4 is 0 Å². The van der Waals surface area contributed by atoms with Crippen LogP contribution in [0.1, 0.15) is 55.4 Å². The fourth-order valence-corrected chi connectivity index (χ4v) is 26.1. The Morgan fingerprint density at radius 1 is 0.375 bits per heavy atom. The third-order valence-corrected chi connectivity index (χ3v) is 24.5. The van der Waals surface area contributed by atoms with Crippen LogP contribution in [0.3, 0.4) is 0 Å². The van der Waals surface area contributed by atoms with Crippen LogP contribution in [0.2, 0.25) is 24.2 Å². The van der Waals surface area contributed by atoms with E-state index in [1.54, 1.807) is 0 Å². The van der Waals surface area contributed by atoms with Crippen LogP contribution in [-0.4, -0.2) is 85.6 Å². The first-order valence-corrected chi connectivity index (χ1v) is 21.4. The summed E-state index contributed by atoms with van der Waals surface area (Å²) < 4.78 is 52.2. The molecule has 0 radical (unpaired) electrons. The van der Waals surface area contributed by atoms with E-state index in [1.165, 1.54) is 0 Å². The predicted octanol–water partition coefficient (Wildman–Crippen LogP) is 4.22. The lowest BCUT2D eigenvalue weighted by Gasteiger charge is -2.52. The Bertz CT molecular complexity index is 418. The number of hydrogen-bond donors (Lipinski definition) is 0. The quantitative estimate of drug-likeness (QED) is 0.276. The Labute approximate surface area is 200 Å². The molecule has 0 amide bonds. The van der Waals surface area contributed by atoms with Gasteiger partial charge in [0, 0.05) is 26.4 Å². The first kappa shape index (κ1) is 30.6. The molecule has 0 aromatic carbocycles. The lowest BCUT2D eigenvalue weighted by atomic mass is 10.9. The molecule has 8 nitrogen and oxygen atoms in total. The smallest absolute Gasteiger partial charge is 0.347 e. The van der Waals surface area contributed by atoms with Crippen molar-refractivity contribution in [2.24, 2.45) is 0 Å². The molecule has 32 heavy (non-hydrogen) atoms. The number of hydrogen-bond acceptors (Lipinski definition) is 8. The molecule has 1 aliphatic rings. The molecule has 1 heterocycles. The number of ether oxygens (including phenoxy) is 4. The van der Waals surface area contributed by atoms with Gasteiger partial charge in [-0.05, 0) is 51.9 Å². The van der Waals surface area contributed by atoms with Gasteiger partial charge in [-0.3, -0.25) is 0 Å². The Balaban J connectivity index is 3.59. The van der Waals surface area contributed by atoms with E-state index in [2.05, 4.69) is 27.7 Å².